The highest BCUT2D eigenvalue weighted by atomic mass is 15.3. The lowest BCUT2D eigenvalue weighted by atomic mass is 10.00. The summed E-state index contributed by atoms with van der Waals surface area (Å²) in [5, 5.41) is 2.53. The van der Waals surface area contributed by atoms with Crippen LogP contribution in [-0.4, -0.2) is 4.52 Å². The van der Waals surface area contributed by atoms with E-state index in [1.807, 2.05) is 0 Å². The molecule has 0 aliphatic heterocycles. The van der Waals surface area contributed by atoms with Crippen molar-refractivity contribution in [3.8, 4) is 11.3 Å². The molecule has 2 aromatic heterocycles. The molecule has 2 heterocycles. The van der Waals surface area contributed by atoms with E-state index in [1.54, 1.807) is 0 Å². The van der Waals surface area contributed by atoms with E-state index in [0.717, 1.165) is 0 Å². The van der Waals surface area contributed by atoms with E-state index < -0.39 is 0 Å². The van der Waals surface area contributed by atoms with E-state index in [1.165, 1.54) is 49.8 Å². The van der Waals surface area contributed by atoms with Crippen LogP contribution in [0.25, 0.3) is 33.1 Å². The first-order valence-electron chi connectivity index (χ1n) is 8.98. The van der Waals surface area contributed by atoms with Crippen LogP contribution in [0, 0.1) is 27.0 Å². The van der Waals surface area contributed by atoms with Gasteiger partial charge in [-0.25, -0.2) is 0 Å². The Bertz CT molecular complexity index is 1290. The number of aromatic nitrogens is 2. The zero-order valence-electron chi connectivity index (χ0n) is 15.2. The van der Waals surface area contributed by atoms with E-state index in [-0.39, 0.29) is 0 Å². The molecule has 0 aliphatic rings. The van der Waals surface area contributed by atoms with Gasteiger partial charge in [-0.05, 0) is 44.5 Å². The second kappa shape index (κ2) is 5.43. The predicted octanol–water partition coefficient (Wildman–Crippen LogP) is 5.22. The first-order valence-corrected chi connectivity index (χ1v) is 8.98. The van der Waals surface area contributed by atoms with Crippen LogP contribution in [0.4, 0.5) is 0 Å². The molecule has 0 radical (unpaired) electrons. The highest BCUT2D eigenvalue weighted by molar-refractivity contribution is 6.03. The molecule has 3 aromatic carbocycles. The molecule has 0 fully saturated rings. The Kier molecular flexibility index (Phi) is 3.17. The number of hydrogen-bond donors (Lipinski definition) is 0. The summed E-state index contributed by atoms with van der Waals surface area (Å²) in [7, 11) is 0. The van der Waals surface area contributed by atoms with Crippen LogP contribution in [0.3, 0.4) is 0 Å². The minimum atomic E-state index is 1.17. The van der Waals surface area contributed by atoms with Gasteiger partial charge in [-0.15, -0.1) is 0 Å². The van der Waals surface area contributed by atoms with Crippen molar-refractivity contribution in [2.75, 3.05) is 0 Å². The molecule has 0 N–H and O–H groups in total. The molecule has 0 aliphatic carbocycles. The quantitative estimate of drug-likeness (QED) is 0.225. The van der Waals surface area contributed by atoms with Gasteiger partial charge >= 0.3 is 0 Å². The summed E-state index contributed by atoms with van der Waals surface area (Å²) in [4.78, 5) is 0. The number of rotatable bonds is 1. The first-order chi connectivity index (χ1) is 12.6. The second-order valence-corrected chi connectivity index (χ2v) is 7.09. The monoisotopic (exact) mass is 336 g/mol. The largest absolute Gasteiger partial charge is 0.188 e. The summed E-state index contributed by atoms with van der Waals surface area (Å²) in [5.41, 5.74) is 8.68. The molecule has 0 amide bonds. The molecule has 2 heteroatoms. The van der Waals surface area contributed by atoms with Crippen LogP contribution in [0.15, 0.2) is 66.7 Å². The summed E-state index contributed by atoms with van der Waals surface area (Å²) in [5.74, 6) is 0. The molecule has 2 nitrogen and oxygen atoms in total. The van der Waals surface area contributed by atoms with Crippen LogP contribution < -0.4 is 4.52 Å². The number of aryl methyl sites for hydroxylation is 3. The Morgan fingerprint density at radius 3 is 2.38 bits per heavy atom. The fourth-order valence-corrected chi connectivity index (χ4v) is 4.10. The van der Waals surface area contributed by atoms with Crippen molar-refractivity contribution in [3.63, 3.8) is 0 Å². The fourth-order valence-electron chi connectivity index (χ4n) is 4.10. The van der Waals surface area contributed by atoms with Gasteiger partial charge in [0.1, 0.15) is 11.7 Å². The summed E-state index contributed by atoms with van der Waals surface area (Å²) < 4.78 is 4.45. The van der Waals surface area contributed by atoms with Gasteiger partial charge in [0.15, 0.2) is 0 Å². The predicted molar refractivity (Wildman–Crippen MR) is 107 cm³/mol. The molecule has 0 saturated heterocycles. The zero-order chi connectivity index (χ0) is 17.8. The molecule has 0 spiro atoms. The maximum atomic E-state index is 3.47. The summed E-state index contributed by atoms with van der Waals surface area (Å²) >= 11 is 0. The Morgan fingerprint density at radius 1 is 0.808 bits per heavy atom. The average Bonchev–Trinajstić information content (AvgIpc) is 3.07. The second-order valence-electron chi connectivity index (χ2n) is 7.09. The van der Waals surface area contributed by atoms with Crippen molar-refractivity contribution in [1.29, 1.82) is 0 Å². The van der Waals surface area contributed by atoms with E-state index in [0.29, 0.717) is 0 Å². The van der Waals surface area contributed by atoms with E-state index in [2.05, 4.69) is 103 Å². The van der Waals surface area contributed by atoms with Crippen molar-refractivity contribution in [3.05, 3.63) is 89.6 Å². The fraction of sp³-hybridized carbons (Fsp3) is 0.125. The van der Waals surface area contributed by atoms with Gasteiger partial charge in [-0.3, -0.25) is 0 Å². The summed E-state index contributed by atoms with van der Waals surface area (Å²) in [6, 6.07) is 23.9. The zero-order valence-corrected chi connectivity index (χ0v) is 15.2. The summed E-state index contributed by atoms with van der Waals surface area (Å²) in [6.45, 7) is 6.51. The number of para-hydroxylation sites is 1. The third kappa shape index (κ3) is 2.02. The molecule has 5 rings (SSSR count). The lowest BCUT2D eigenvalue weighted by Crippen LogP contribution is -2.29. The molecule has 0 bridgehead atoms. The van der Waals surface area contributed by atoms with Crippen LogP contribution in [-0.2, 0) is 0 Å². The van der Waals surface area contributed by atoms with Crippen LogP contribution in [0.1, 0.15) is 16.7 Å². The number of nitrogens with zero attached hydrogens (tertiary/aromatic N) is 2. The lowest BCUT2D eigenvalue weighted by Gasteiger charge is -2.15. The number of fused-ring (bicyclic) bond motifs is 6. The Labute approximate surface area is 152 Å². The standard InChI is InChI=1S/C24H20N2/c1-16-11-12-22-20(15-16)19-9-4-5-10-21(19)25-14-13-23(26(22)25)24-17(2)7-6-8-18(24)3/h4-13,15H,1-3H3. The molecule has 0 unspecified atom stereocenters. The number of hydrogen-bond acceptors (Lipinski definition) is 0. The average molecular weight is 336 g/mol. The molecule has 26 heavy (non-hydrogen) atoms. The minimum absolute atomic E-state index is 1.17. The highest BCUT2D eigenvalue weighted by Gasteiger charge is 2.15. The Balaban J connectivity index is 2.05. The van der Waals surface area contributed by atoms with Gasteiger partial charge in [0.25, 0.3) is 0 Å². The van der Waals surface area contributed by atoms with Crippen molar-refractivity contribution in [2.45, 2.75) is 20.8 Å². The van der Waals surface area contributed by atoms with Crippen molar-refractivity contribution in [2.24, 2.45) is 0 Å². The first kappa shape index (κ1) is 15.2. The third-order valence-corrected chi connectivity index (χ3v) is 5.29. The normalized spacial score (nSPS) is 11.7. The molecule has 0 saturated carbocycles. The Morgan fingerprint density at radius 2 is 1.58 bits per heavy atom. The van der Waals surface area contributed by atoms with Crippen molar-refractivity contribution < 1.29 is 4.52 Å². The maximum absolute atomic E-state index is 3.47. The minimum Gasteiger partial charge on any atom is -0.188 e. The Hall–Kier alpha value is -3.13. The lowest BCUT2D eigenvalue weighted by molar-refractivity contribution is -0.590. The van der Waals surface area contributed by atoms with Crippen molar-refractivity contribution >= 4 is 21.8 Å². The molecule has 5 aromatic rings. The molecular weight excluding hydrogens is 316 g/mol. The van der Waals surface area contributed by atoms with Crippen LogP contribution in [0.2, 0.25) is 0 Å². The molecular formula is C24H20N2. The van der Waals surface area contributed by atoms with Crippen LogP contribution >= 0.6 is 0 Å². The van der Waals surface area contributed by atoms with E-state index in [4.69, 9.17) is 0 Å². The van der Waals surface area contributed by atoms with Gasteiger partial charge < -0.3 is 0 Å². The van der Waals surface area contributed by atoms with Gasteiger partial charge in [0.2, 0.25) is 0 Å². The van der Waals surface area contributed by atoms with Gasteiger partial charge in [0, 0.05) is 16.5 Å². The van der Waals surface area contributed by atoms with E-state index in [9.17, 15) is 0 Å². The van der Waals surface area contributed by atoms with Gasteiger partial charge in [0.05, 0.1) is 5.52 Å². The number of benzene rings is 3. The summed E-state index contributed by atoms with van der Waals surface area (Å²) in [6.07, 6.45) is 3.47. The molecule has 126 valence electrons. The topological polar surface area (TPSA) is 8.51 Å². The third-order valence-electron chi connectivity index (χ3n) is 5.29. The van der Waals surface area contributed by atoms with Crippen molar-refractivity contribution in [1.82, 2.24) is 4.52 Å². The maximum Gasteiger partial charge on any atom is 0.148 e. The van der Waals surface area contributed by atoms with Gasteiger partial charge in [-0.1, -0.05) is 65.2 Å². The van der Waals surface area contributed by atoms with E-state index >= 15 is 0 Å². The van der Waals surface area contributed by atoms with Crippen LogP contribution in [0.5, 0.6) is 0 Å². The molecule has 0 atom stereocenters. The highest BCUT2D eigenvalue weighted by Crippen LogP contribution is 2.30. The SMILES string of the molecule is Cc1ccc2c(c1)c1ccccc1[n+]1[c-]cc(-c3c(C)cccc3C)n21. The smallest absolute Gasteiger partial charge is 0.148 e. The van der Waals surface area contributed by atoms with Gasteiger partial charge in [-0.2, -0.15) is 9.03 Å².